The van der Waals surface area contributed by atoms with Crippen LogP contribution in [-0.4, -0.2) is 36.7 Å². The highest BCUT2D eigenvalue weighted by Crippen LogP contribution is 2.22. The first-order valence-corrected chi connectivity index (χ1v) is 9.88. The number of carbonyl (C=O) groups is 3. The van der Waals surface area contributed by atoms with Crippen LogP contribution in [0.3, 0.4) is 0 Å². The lowest BCUT2D eigenvalue weighted by Crippen LogP contribution is -2.22. The van der Waals surface area contributed by atoms with Crippen LogP contribution in [0.5, 0.6) is 0 Å². The fraction of sp³-hybridized carbons (Fsp3) is 0.0952. The van der Waals surface area contributed by atoms with Crippen LogP contribution in [0.2, 0.25) is 5.02 Å². The summed E-state index contributed by atoms with van der Waals surface area (Å²) in [4.78, 5) is 38.8. The molecular formula is C21H18ClN3O3S. The highest BCUT2D eigenvalue weighted by molar-refractivity contribution is 7.12. The van der Waals surface area contributed by atoms with Crippen molar-refractivity contribution in [1.29, 1.82) is 0 Å². The summed E-state index contributed by atoms with van der Waals surface area (Å²) >= 11 is 7.44. The van der Waals surface area contributed by atoms with E-state index in [2.05, 4.69) is 10.6 Å². The van der Waals surface area contributed by atoms with Gasteiger partial charge in [-0.15, -0.1) is 11.3 Å². The first-order valence-electron chi connectivity index (χ1n) is 8.62. The van der Waals surface area contributed by atoms with Crippen molar-refractivity contribution in [1.82, 2.24) is 4.90 Å². The average molecular weight is 428 g/mol. The Bertz CT molecular complexity index is 1050. The van der Waals surface area contributed by atoms with Gasteiger partial charge in [-0.25, -0.2) is 0 Å². The third-order valence-corrected chi connectivity index (χ3v) is 5.21. The summed E-state index contributed by atoms with van der Waals surface area (Å²) in [5.74, 6) is -0.792. The smallest absolute Gasteiger partial charge is 0.265 e. The van der Waals surface area contributed by atoms with Gasteiger partial charge in [-0.3, -0.25) is 14.4 Å². The van der Waals surface area contributed by atoms with Crippen molar-refractivity contribution in [3.05, 3.63) is 81.0 Å². The van der Waals surface area contributed by atoms with Gasteiger partial charge in [0.15, 0.2) is 0 Å². The molecular weight excluding hydrogens is 410 g/mol. The highest BCUT2D eigenvalue weighted by Gasteiger charge is 2.15. The number of carbonyl (C=O) groups excluding carboxylic acids is 3. The number of nitrogens with zero attached hydrogens (tertiary/aromatic N) is 1. The Morgan fingerprint density at radius 3 is 2.17 bits per heavy atom. The minimum Gasteiger partial charge on any atom is -0.345 e. The molecule has 1 aromatic heterocycles. The Kier molecular flexibility index (Phi) is 6.31. The molecule has 0 aliphatic heterocycles. The summed E-state index contributed by atoms with van der Waals surface area (Å²) in [6, 6.07) is 14.8. The molecule has 0 saturated heterocycles. The van der Waals surface area contributed by atoms with Crippen molar-refractivity contribution in [3.8, 4) is 0 Å². The van der Waals surface area contributed by atoms with Gasteiger partial charge in [0.1, 0.15) is 0 Å². The summed E-state index contributed by atoms with van der Waals surface area (Å²) in [5, 5.41) is 7.67. The first-order chi connectivity index (χ1) is 13.8. The van der Waals surface area contributed by atoms with E-state index in [1.54, 1.807) is 62.6 Å². The molecule has 2 N–H and O–H groups in total. The highest BCUT2D eigenvalue weighted by atomic mass is 35.5. The SMILES string of the molecule is CN(C)C(=O)c1cc(NC(=O)c2ccc(NC(=O)c3cccs3)cc2)ccc1Cl. The summed E-state index contributed by atoms with van der Waals surface area (Å²) in [6.07, 6.45) is 0. The third kappa shape index (κ3) is 5.01. The summed E-state index contributed by atoms with van der Waals surface area (Å²) < 4.78 is 0. The number of nitrogens with one attached hydrogen (secondary N) is 2. The van der Waals surface area contributed by atoms with Crippen molar-refractivity contribution in [2.24, 2.45) is 0 Å². The maximum atomic E-state index is 12.5. The maximum Gasteiger partial charge on any atom is 0.265 e. The van der Waals surface area contributed by atoms with Gasteiger partial charge in [-0.2, -0.15) is 0 Å². The zero-order chi connectivity index (χ0) is 21.0. The molecule has 3 amide bonds. The van der Waals surface area contributed by atoms with Crippen LogP contribution >= 0.6 is 22.9 Å². The van der Waals surface area contributed by atoms with E-state index in [9.17, 15) is 14.4 Å². The molecule has 0 saturated carbocycles. The Hall–Kier alpha value is -3.16. The normalized spacial score (nSPS) is 10.3. The molecule has 3 rings (SSSR count). The summed E-state index contributed by atoms with van der Waals surface area (Å²) in [5.41, 5.74) is 1.76. The second kappa shape index (κ2) is 8.89. The van der Waals surface area contributed by atoms with E-state index >= 15 is 0 Å². The van der Waals surface area contributed by atoms with Gasteiger partial charge >= 0.3 is 0 Å². The molecule has 0 unspecified atom stereocenters. The largest absolute Gasteiger partial charge is 0.345 e. The molecule has 1 heterocycles. The van der Waals surface area contributed by atoms with E-state index in [1.807, 2.05) is 5.38 Å². The molecule has 0 radical (unpaired) electrons. The monoisotopic (exact) mass is 427 g/mol. The Morgan fingerprint density at radius 2 is 1.55 bits per heavy atom. The zero-order valence-corrected chi connectivity index (χ0v) is 17.3. The van der Waals surface area contributed by atoms with Crippen LogP contribution in [0.25, 0.3) is 0 Å². The number of benzene rings is 2. The summed E-state index contributed by atoms with van der Waals surface area (Å²) in [7, 11) is 3.26. The number of hydrogen-bond acceptors (Lipinski definition) is 4. The van der Waals surface area contributed by atoms with Crippen molar-refractivity contribution in [2.45, 2.75) is 0 Å². The lowest BCUT2D eigenvalue weighted by Gasteiger charge is -2.13. The van der Waals surface area contributed by atoms with Gasteiger partial charge in [-0.05, 0) is 53.9 Å². The molecule has 0 atom stereocenters. The van der Waals surface area contributed by atoms with E-state index in [-0.39, 0.29) is 17.7 Å². The fourth-order valence-corrected chi connectivity index (χ4v) is 3.33. The fourth-order valence-electron chi connectivity index (χ4n) is 2.52. The standard InChI is InChI=1S/C21H18ClN3O3S/c1-25(2)21(28)16-12-15(9-10-17(16)22)24-19(26)13-5-7-14(8-6-13)23-20(27)18-4-3-11-29-18/h3-12H,1-2H3,(H,23,27)(H,24,26). The zero-order valence-electron chi connectivity index (χ0n) is 15.7. The van der Waals surface area contributed by atoms with Gasteiger partial charge in [0.2, 0.25) is 0 Å². The maximum absolute atomic E-state index is 12.5. The third-order valence-electron chi connectivity index (χ3n) is 4.01. The molecule has 0 spiro atoms. The van der Waals surface area contributed by atoms with Gasteiger partial charge in [0.25, 0.3) is 17.7 Å². The lowest BCUT2D eigenvalue weighted by molar-refractivity contribution is 0.0827. The molecule has 3 aromatic rings. The van der Waals surface area contributed by atoms with Crippen molar-refractivity contribution < 1.29 is 14.4 Å². The van der Waals surface area contributed by atoms with Crippen LogP contribution in [0.15, 0.2) is 60.0 Å². The molecule has 0 fully saturated rings. The predicted molar refractivity (Wildman–Crippen MR) is 116 cm³/mol. The minimum absolute atomic E-state index is 0.198. The van der Waals surface area contributed by atoms with Gasteiger partial charge in [0, 0.05) is 31.0 Å². The summed E-state index contributed by atoms with van der Waals surface area (Å²) in [6.45, 7) is 0. The predicted octanol–water partition coefficient (Wildman–Crippen LogP) is 4.61. The number of rotatable bonds is 5. The van der Waals surface area contributed by atoms with E-state index < -0.39 is 0 Å². The molecule has 0 aliphatic carbocycles. The van der Waals surface area contributed by atoms with Crippen LogP contribution in [-0.2, 0) is 0 Å². The molecule has 6 nitrogen and oxygen atoms in total. The van der Waals surface area contributed by atoms with E-state index in [1.165, 1.54) is 22.3 Å². The molecule has 29 heavy (non-hydrogen) atoms. The quantitative estimate of drug-likeness (QED) is 0.624. The lowest BCUT2D eigenvalue weighted by atomic mass is 10.1. The topological polar surface area (TPSA) is 78.5 Å². The van der Waals surface area contributed by atoms with E-state index in [0.29, 0.717) is 32.4 Å². The Morgan fingerprint density at radius 1 is 0.897 bits per heavy atom. The number of thiophene rings is 1. The van der Waals surface area contributed by atoms with Gasteiger partial charge in [0.05, 0.1) is 15.5 Å². The van der Waals surface area contributed by atoms with Crippen molar-refractivity contribution in [3.63, 3.8) is 0 Å². The van der Waals surface area contributed by atoms with Gasteiger partial charge in [-0.1, -0.05) is 17.7 Å². The first kappa shape index (κ1) is 20.6. The van der Waals surface area contributed by atoms with Crippen molar-refractivity contribution >= 4 is 52.0 Å². The Labute approximate surface area is 177 Å². The van der Waals surface area contributed by atoms with E-state index in [0.717, 1.165) is 0 Å². The second-order valence-electron chi connectivity index (χ2n) is 6.36. The molecule has 148 valence electrons. The molecule has 8 heteroatoms. The van der Waals surface area contributed by atoms with Crippen LogP contribution in [0.4, 0.5) is 11.4 Å². The molecule has 0 aliphatic rings. The number of amides is 3. The van der Waals surface area contributed by atoms with E-state index in [4.69, 9.17) is 11.6 Å². The number of hydrogen-bond donors (Lipinski definition) is 2. The number of anilines is 2. The van der Waals surface area contributed by atoms with Crippen molar-refractivity contribution in [2.75, 3.05) is 24.7 Å². The molecule has 2 aromatic carbocycles. The van der Waals surface area contributed by atoms with Crippen LogP contribution in [0.1, 0.15) is 30.4 Å². The molecule has 0 bridgehead atoms. The number of halogens is 1. The minimum atomic E-state index is -0.341. The van der Waals surface area contributed by atoms with Crippen LogP contribution in [0, 0.1) is 0 Å². The average Bonchev–Trinajstić information content (AvgIpc) is 3.24. The second-order valence-corrected chi connectivity index (χ2v) is 7.71. The Balaban J connectivity index is 1.69. The van der Waals surface area contributed by atoms with Gasteiger partial charge < -0.3 is 15.5 Å². The van der Waals surface area contributed by atoms with Crippen LogP contribution < -0.4 is 10.6 Å².